The second-order valence-corrected chi connectivity index (χ2v) is 8.85. The molecule has 0 aliphatic heterocycles. The Hall–Kier alpha value is -0.620. The normalized spacial score (nSPS) is 41.1. The molecule has 0 radical (unpaired) electrons. The van der Waals surface area contributed by atoms with Gasteiger partial charge >= 0.3 is 0 Å². The van der Waals surface area contributed by atoms with E-state index in [0.29, 0.717) is 17.8 Å². The minimum absolute atomic E-state index is 0.0806. The monoisotopic (exact) mass is 442 g/mol. The van der Waals surface area contributed by atoms with E-state index in [9.17, 15) is 14.6 Å². The number of phenols is 1. The number of fused-ring (bicyclic) bond motifs is 5. The van der Waals surface area contributed by atoms with Crippen molar-refractivity contribution in [1.29, 1.82) is 0 Å². The van der Waals surface area contributed by atoms with Crippen molar-refractivity contribution < 1.29 is 14.6 Å². The van der Waals surface area contributed by atoms with Crippen molar-refractivity contribution in [3.05, 3.63) is 39.2 Å². The lowest BCUT2D eigenvalue weighted by molar-refractivity contribution is -0.0708. The number of phenolic OH excluding ortho intramolecular Hbond substituents is 1. The van der Waals surface area contributed by atoms with Gasteiger partial charge in [0.05, 0.1) is 5.60 Å². The zero-order chi connectivity index (χ0) is 17.1. The van der Waals surface area contributed by atoms with Crippen LogP contribution in [-0.4, -0.2) is 15.8 Å². The number of hydrogen-bond donors (Lipinski definition) is 2. The number of benzene rings is 1. The van der Waals surface area contributed by atoms with E-state index in [4.69, 9.17) is 0 Å². The van der Waals surface area contributed by atoms with Crippen LogP contribution in [0.15, 0.2) is 22.3 Å². The predicted molar refractivity (Wildman–Crippen MR) is 101 cm³/mol. The molecule has 4 heteroatoms. The summed E-state index contributed by atoms with van der Waals surface area (Å²) in [6.45, 7) is 2.25. The molecule has 0 bridgehead atoms. The van der Waals surface area contributed by atoms with E-state index in [-0.39, 0.29) is 11.2 Å². The van der Waals surface area contributed by atoms with Gasteiger partial charge in [-0.1, -0.05) is 29.5 Å². The molecule has 2 saturated carbocycles. The highest BCUT2D eigenvalue weighted by Crippen LogP contribution is 2.64. The third kappa shape index (κ3) is 2.21. The molecular formula is C20H24FIO2. The number of halogens is 2. The third-order valence-corrected chi connectivity index (χ3v) is 7.71. The van der Waals surface area contributed by atoms with Gasteiger partial charge in [-0.2, -0.15) is 0 Å². The van der Waals surface area contributed by atoms with Crippen LogP contribution in [0.4, 0.5) is 4.39 Å². The van der Waals surface area contributed by atoms with Gasteiger partial charge in [-0.3, -0.25) is 0 Å². The lowest BCUT2D eigenvalue weighted by Crippen LogP contribution is -2.49. The number of aromatic hydroxyl groups is 1. The highest BCUT2D eigenvalue weighted by Gasteiger charge is 2.60. The van der Waals surface area contributed by atoms with Crippen LogP contribution < -0.4 is 0 Å². The van der Waals surface area contributed by atoms with Crippen molar-refractivity contribution in [1.82, 2.24) is 0 Å². The molecule has 2 fully saturated rings. The first kappa shape index (κ1) is 16.8. The van der Waals surface area contributed by atoms with E-state index in [0.717, 1.165) is 49.7 Å². The van der Waals surface area contributed by atoms with Crippen molar-refractivity contribution in [2.24, 2.45) is 17.3 Å². The molecule has 0 heterocycles. The van der Waals surface area contributed by atoms with Crippen molar-refractivity contribution in [2.75, 3.05) is 0 Å². The smallest absolute Gasteiger partial charge is 0.165 e. The third-order valence-electron chi connectivity index (χ3n) is 7.35. The molecule has 0 aromatic heterocycles. The van der Waals surface area contributed by atoms with Crippen LogP contribution in [0.25, 0.3) is 0 Å². The van der Waals surface area contributed by atoms with Gasteiger partial charge in [-0.15, -0.1) is 0 Å². The Morgan fingerprint density at radius 1 is 1.25 bits per heavy atom. The molecule has 5 atom stereocenters. The van der Waals surface area contributed by atoms with Crippen LogP contribution in [0.2, 0.25) is 0 Å². The fourth-order valence-corrected chi connectivity index (χ4v) is 6.60. The molecule has 3 aliphatic rings. The quantitative estimate of drug-likeness (QED) is 0.597. The van der Waals surface area contributed by atoms with Crippen LogP contribution in [-0.2, 0) is 6.42 Å². The summed E-state index contributed by atoms with van der Waals surface area (Å²) in [6, 6.07) is 3.19. The first-order chi connectivity index (χ1) is 11.4. The molecule has 0 unspecified atom stereocenters. The first-order valence-corrected chi connectivity index (χ1v) is 10.2. The summed E-state index contributed by atoms with van der Waals surface area (Å²) in [5, 5.41) is 20.9. The van der Waals surface area contributed by atoms with Gasteiger partial charge in [0, 0.05) is 5.41 Å². The van der Waals surface area contributed by atoms with E-state index < -0.39 is 11.4 Å². The average molecular weight is 442 g/mol. The Bertz CT molecular complexity index is 703. The van der Waals surface area contributed by atoms with Crippen LogP contribution >= 0.6 is 22.6 Å². The number of aryl methyl sites for hydroxylation is 1. The van der Waals surface area contributed by atoms with E-state index in [1.807, 2.05) is 10.2 Å². The Kier molecular flexibility index (Phi) is 3.99. The number of rotatable bonds is 1. The summed E-state index contributed by atoms with van der Waals surface area (Å²) in [4.78, 5) is 0. The highest BCUT2D eigenvalue weighted by atomic mass is 127. The Balaban J connectivity index is 1.72. The van der Waals surface area contributed by atoms with E-state index >= 15 is 0 Å². The molecule has 0 spiro atoms. The average Bonchev–Trinajstić information content (AvgIpc) is 2.81. The van der Waals surface area contributed by atoms with E-state index in [2.05, 4.69) is 29.5 Å². The zero-order valence-electron chi connectivity index (χ0n) is 13.9. The largest absolute Gasteiger partial charge is 0.505 e. The van der Waals surface area contributed by atoms with Gasteiger partial charge in [-0.25, -0.2) is 4.39 Å². The van der Waals surface area contributed by atoms with Crippen molar-refractivity contribution >= 4 is 22.6 Å². The molecule has 24 heavy (non-hydrogen) atoms. The molecule has 3 aliphatic carbocycles. The molecule has 130 valence electrons. The van der Waals surface area contributed by atoms with Gasteiger partial charge in [0.15, 0.2) is 11.6 Å². The van der Waals surface area contributed by atoms with Crippen LogP contribution in [0, 0.1) is 23.1 Å². The first-order valence-electron chi connectivity index (χ1n) is 8.91. The molecule has 0 amide bonds. The fourth-order valence-electron chi connectivity index (χ4n) is 6.01. The summed E-state index contributed by atoms with van der Waals surface area (Å²) in [5.41, 5.74) is 1.43. The minimum Gasteiger partial charge on any atom is -0.505 e. The molecule has 4 rings (SSSR count). The number of aliphatic hydroxyl groups is 1. The minimum atomic E-state index is -0.704. The lowest BCUT2D eigenvalue weighted by Gasteiger charge is -2.52. The molecule has 1 aromatic rings. The number of hydrogen-bond acceptors (Lipinski definition) is 2. The molecular weight excluding hydrogens is 418 g/mol. The second-order valence-electron chi connectivity index (χ2n) is 8.13. The van der Waals surface area contributed by atoms with Gasteiger partial charge in [-0.05, 0) is 89.7 Å². The Morgan fingerprint density at radius 3 is 2.79 bits per heavy atom. The van der Waals surface area contributed by atoms with Crippen LogP contribution in [0.3, 0.4) is 0 Å². The summed E-state index contributed by atoms with van der Waals surface area (Å²) >= 11 is 2.20. The van der Waals surface area contributed by atoms with Crippen molar-refractivity contribution in [2.45, 2.75) is 57.0 Å². The SMILES string of the molecule is C[C@]12CC[C@@H]3c4cc(F)c(O)cc4CC[C@H]3[C@@H]1CC[C@@]2(O)/C=C\I. The Labute approximate surface area is 156 Å². The maximum absolute atomic E-state index is 13.9. The van der Waals surface area contributed by atoms with Crippen molar-refractivity contribution in [3.63, 3.8) is 0 Å². The van der Waals surface area contributed by atoms with E-state index in [1.54, 1.807) is 12.1 Å². The summed E-state index contributed by atoms with van der Waals surface area (Å²) in [6.07, 6.45) is 7.80. The van der Waals surface area contributed by atoms with Crippen molar-refractivity contribution in [3.8, 4) is 5.75 Å². The topological polar surface area (TPSA) is 40.5 Å². The summed E-state index contributed by atoms with van der Waals surface area (Å²) < 4.78 is 15.9. The summed E-state index contributed by atoms with van der Waals surface area (Å²) in [5.74, 6) is 0.636. The van der Waals surface area contributed by atoms with Crippen LogP contribution in [0.1, 0.15) is 56.1 Å². The fraction of sp³-hybridized carbons (Fsp3) is 0.600. The van der Waals surface area contributed by atoms with Gasteiger partial charge in [0.1, 0.15) is 0 Å². The molecule has 1 aromatic carbocycles. The van der Waals surface area contributed by atoms with Gasteiger partial charge in [0.2, 0.25) is 0 Å². The maximum atomic E-state index is 13.9. The molecule has 2 N–H and O–H groups in total. The standard InChI is InChI=1S/C20H24FIO2/c1-19-6-4-13-14(16(19)5-7-20(19,24)8-9-22)3-2-12-10-18(23)17(21)11-15(12)13/h8-11,13-14,16,23-24H,2-7H2,1H3/b9-8-/t13-,14+,16-,19-,20+/m0/s1. The zero-order valence-corrected chi connectivity index (χ0v) is 16.1. The van der Waals surface area contributed by atoms with Gasteiger partial charge in [0.25, 0.3) is 0 Å². The second kappa shape index (κ2) is 5.70. The molecule has 2 nitrogen and oxygen atoms in total. The summed E-state index contributed by atoms with van der Waals surface area (Å²) in [7, 11) is 0. The highest BCUT2D eigenvalue weighted by molar-refractivity contribution is 14.1. The van der Waals surface area contributed by atoms with Crippen LogP contribution in [0.5, 0.6) is 5.75 Å². The Morgan fingerprint density at radius 2 is 2.04 bits per heavy atom. The van der Waals surface area contributed by atoms with E-state index in [1.165, 1.54) is 0 Å². The van der Waals surface area contributed by atoms with Gasteiger partial charge < -0.3 is 10.2 Å². The molecule has 0 saturated heterocycles. The lowest BCUT2D eigenvalue weighted by atomic mass is 9.53. The maximum Gasteiger partial charge on any atom is 0.165 e. The predicted octanol–water partition coefficient (Wildman–Crippen LogP) is 5.07.